The van der Waals surface area contributed by atoms with E-state index in [2.05, 4.69) is 28.2 Å². The van der Waals surface area contributed by atoms with Crippen LogP contribution >= 0.6 is 27.7 Å². The third kappa shape index (κ3) is 4.90. The van der Waals surface area contributed by atoms with Gasteiger partial charge in [0.2, 0.25) is 0 Å². The molecule has 0 aliphatic rings. The minimum Gasteiger partial charge on any atom is -0.507 e. The Balaban J connectivity index is 2.51. The average molecular weight is 332 g/mol. The van der Waals surface area contributed by atoms with E-state index in [1.54, 1.807) is 12.1 Å². The Morgan fingerprint density at radius 2 is 2.28 bits per heavy atom. The lowest BCUT2D eigenvalue weighted by Crippen LogP contribution is -2.32. The molecule has 0 saturated carbocycles. The predicted octanol–water partition coefficient (Wildman–Crippen LogP) is 3.42. The number of hydrogen-bond acceptors (Lipinski definition) is 3. The Kier molecular flexibility index (Phi) is 6.57. The summed E-state index contributed by atoms with van der Waals surface area (Å²) in [5, 5.41) is 12.4. The Morgan fingerprint density at radius 3 is 2.89 bits per heavy atom. The number of halogens is 1. The van der Waals surface area contributed by atoms with Gasteiger partial charge in [-0.25, -0.2) is 0 Å². The van der Waals surface area contributed by atoms with Gasteiger partial charge in [-0.15, -0.1) is 0 Å². The molecular formula is C13H18BrNO2S. The second kappa shape index (κ2) is 7.69. The second-order valence-corrected chi connectivity index (χ2v) is 6.27. The van der Waals surface area contributed by atoms with Gasteiger partial charge in [-0.3, -0.25) is 4.79 Å². The summed E-state index contributed by atoms with van der Waals surface area (Å²) in [5.41, 5.74) is 0.477. The summed E-state index contributed by atoms with van der Waals surface area (Å²) in [6.45, 7) is 4.12. The third-order valence-electron chi connectivity index (χ3n) is 2.49. The van der Waals surface area contributed by atoms with Gasteiger partial charge >= 0.3 is 0 Å². The molecule has 0 spiro atoms. The predicted molar refractivity (Wildman–Crippen MR) is 80.4 cm³/mol. The van der Waals surface area contributed by atoms with Crippen LogP contribution in [0.4, 0.5) is 0 Å². The number of phenols is 1. The molecule has 1 rings (SSSR count). The van der Waals surface area contributed by atoms with Crippen LogP contribution in [0.25, 0.3) is 0 Å². The normalized spacial score (nSPS) is 12.2. The first-order valence-corrected chi connectivity index (χ1v) is 7.86. The van der Waals surface area contributed by atoms with Gasteiger partial charge in [-0.2, -0.15) is 11.8 Å². The summed E-state index contributed by atoms with van der Waals surface area (Å²) in [7, 11) is 0. The molecule has 1 aromatic carbocycles. The van der Waals surface area contributed by atoms with Crippen molar-refractivity contribution in [3.8, 4) is 5.75 Å². The first-order chi connectivity index (χ1) is 8.54. The Morgan fingerprint density at radius 1 is 1.56 bits per heavy atom. The minimum absolute atomic E-state index is 0.0804. The molecule has 100 valence electrons. The van der Waals surface area contributed by atoms with Gasteiger partial charge in [0.25, 0.3) is 5.91 Å². The van der Waals surface area contributed by atoms with Gasteiger partial charge in [0, 0.05) is 11.6 Å². The lowest BCUT2D eigenvalue weighted by molar-refractivity contribution is 0.0939. The summed E-state index contributed by atoms with van der Waals surface area (Å²) in [4.78, 5) is 11.9. The fourth-order valence-corrected chi connectivity index (χ4v) is 2.49. The van der Waals surface area contributed by atoms with Crippen LogP contribution in [0.2, 0.25) is 0 Å². The Bertz CT molecular complexity index is 412. The van der Waals surface area contributed by atoms with Gasteiger partial charge in [-0.05, 0) is 59.0 Å². The van der Waals surface area contributed by atoms with Gasteiger partial charge in [-0.1, -0.05) is 6.92 Å². The molecule has 1 unspecified atom stereocenters. The van der Waals surface area contributed by atoms with Crippen molar-refractivity contribution in [3.63, 3.8) is 0 Å². The summed E-state index contributed by atoms with van der Waals surface area (Å²) in [5.74, 6) is 2.08. The largest absolute Gasteiger partial charge is 0.507 e. The number of phenolic OH excluding ortho intramolecular Hbond substituents is 1. The molecule has 0 aliphatic heterocycles. The Hall–Kier alpha value is -0.680. The van der Waals surface area contributed by atoms with Crippen LogP contribution in [0.3, 0.4) is 0 Å². The van der Waals surface area contributed by atoms with Crippen LogP contribution in [-0.4, -0.2) is 28.6 Å². The molecular weight excluding hydrogens is 314 g/mol. The molecule has 0 fully saturated rings. The highest BCUT2D eigenvalue weighted by molar-refractivity contribution is 9.10. The van der Waals surface area contributed by atoms with Crippen LogP contribution in [0.1, 0.15) is 30.6 Å². The van der Waals surface area contributed by atoms with Crippen molar-refractivity contribution in [1.29, 1.82) is 0 Å². The van der Waals surface area contributed by atoms with E-state index in [1.807, 2.05) is 18.7 Å². The van der Waals surface area contributed by atoms with E-state index >= 15 is 0 Å². The van der Waals surface area contributed by atoms with E-state index < -0.39 is 0 Å². The number of amides is 1. The molecule has 0 radical (unpaired) electrons. The summed E-state index contributed by atoms with van der Waals surface area (Å²) in [6.07, 6.45) is 0.951. The molecule has 0 heterocycles. The molecule has 1 atom stereocenters. The number of carbonyl (C=O) groups is 1. The van der Waals surface area contributed by atoms with Crippen molar-refractivity contribution in [2.45, 2.75) is 26.3 Å². The van der Waals surface area contributed by atoms with Crippen molar-refractivity contribution in [2.24, 2.45) is 0 Å². The van der Waals surface area contributed by atoms with E-state index in [4.69, 9.17) is 0 Å². The topological polar surface area (TPSA) is 49.3 Å². The molecule has 18 heavy (non-hydrogen) atoms. The maximum Gasteiger partial charge on any atom is 0.251 e. The molecule has 1 aromatic rings. The maximum atomic E-state index is 11.9. The SMILES string of the molecule is CCSCCC(C)NC(=O)c1ccc(Br)c(O)c1. The van der Waals surface area contributed by atoms with Crippen molar-refractivity contribution >= 4 is 33.6 Å². The average Bonchev–Trinajstić information content (AvgIpc) is 2.33. The molecule has 0 bridgehead atoms. The van der Waals surface area contributed by atoms with Gasteiger partial charge in [0.05, 0.1) is 4.47 Å². The highest BCUT2D eigenvalue weighted by atomic mass is 79.9. The highest BCUT2D eigenvalue weighted by Gasteiger charge is 2.11. The molecule has 0 aliphatic carbocycles. The molecule has 0 aromatic heterocycles. The van der Waals surface area contributed by atoms with Crippen LogP contribution < -0.4 is 5.32 Å². The second-order valence-electron chi connectivity index (χ2n) is 4.03. The zero-order valence-electron chi connectivity index (χ0n) is 10.6. The standard InChI is InChI=1S/C13H18BrNO2S/c1-3-18-7-6-9(2)15-13(17)10-4-5-11(14)12(16)8-10/h4-5,8-9,16H,3,6-7H2,1-2H3,(H,15,17). The first-order valence-electron chi connectivity index (χ1n) is 5.91. The number of thioether (sulfide) groups is 1. The number of carbonyl (C=O) groups excluding carboxylic acids is 1. The fourth-order valence-electron chi connectivity index (χ4n) is 1.44. The van der Waals surface area contributed by atoms with Gasteiger partial charge < -0.3 is 10.4 Å². The first kappa shape index (κ1) is 15.4. The number of rotatable bonds is 6. The van der Waals surface area contributed by atoms with Crippen molar-refractivity contribution in [3.05, 3.63) is 28.2 Å². The summed E-state index contributed by atoms with van der Waals surface area (Å²) >= 11 is 5.05. The van der Waals surface area contributed by atoms with E-state index in [1.165, 1.54) is 6.07 Å². The van der Waals surface area contributed by atoms with Crippen LogP contribution in [-0.2, 0) is 0 Å². The summed E-state index contributed by atoms with van der Waals surface area (Å²) < 4.78 is 0.589. The number of aromatic hydroxyl groups is 1. The van der Waals surface area contributed by atoms with E-state index in [9.17, 15) is 9.90 Å². The number of hydrogen-bond donors (Lipinski definition) is 2. The number of nitrogens with one attached hydrogen (secondary N) is 1. The molecule has 0 saturated heterocycles. The van der Waals surface area contributed by atoms with Crippen molar-refractivity contribution < 1.29 is 9.90 Å². The van der Waals surface area contributed by atoms with Crippen LogP contribution in [0.5, 0.6) is 5.75 Å². The highest BCUT2D eigenvalue weighted by Crippen LogP contribution is 2.24. The lowest BCUT2D eigenvalue weighted by Gasteiger charge is -2.13. The van der Waals surface area contributed by atoms with E-state index in [0.29, 0.717) is 10.0 Å². The molecule has 2 N–H and O–H groups in total. The lowest BCUT2D eigenvalue weighted by atomic mass is 10.2. The van der Waals surface area contributed by atoms with E-state index in [-0.39, 0.29) is 17.7 Å². The molecule has 1 amide bonds. The smallest absolute Gasteiger partial charge is 0.251 e. The quantitative estimate of drug-likeness (QED) is 0.785. The molecule has 5 heteroatoms. The zero-order chi connectivity index (χ0) is 13.5. The Labute approximate surface area is 120 Å². The van der Waals surface area contributed by atoms with Crippen molar-refractivity contribution in [1.82, 2.24) is 5.32 Å². The van der Waals surface area contributed by atoms with Crippen molar-refractivity contribution in [2.75, 3.05) is 11.5 Å². The monoisotopic (exact) mass is 331 g/mol. The number of benzene rings is 1. The fraction of sp³-hybridized carbons (Fsp3) is 0.462. The third-order valence-corrected chi connectivity index (χ3v) is 4.09. The minimum atomic E-state index is -0.146. The van der Waals surface area contributed by atoms with Crippen LogP contribution in [0.15, 0.2) is 22.7 Å². The van der Waals surface area contributed by atoms with E-state index in [0.717, 1.165) is 17.9 Å². The van der Waals surface area contributed by atoms with Gasteiger partial charge in [0.1, 0.15) is 5.75 Å². The van der Waals surface area contributed by atoms with Crippen LogP contribution in [0, 0.1) is 0 Å². The summed E-state index contributed by atoms with van der Waals surface area (Å²) in [6, 6.07) is 4.96. The maximum absolute atomic E-state index is 11.9. The zero-order valence-corrected chi connectivity index (χ0v) is 13.0. The van der Waals surface area contributed by atoms with Gasteiger partial charge in [0.15, 0.2) is 0 Å². The molecule has 3 nitrogen and oxygen atoms in total.